The molecule has 3 N–H and O–H groups in total. The molecule has 1 rings (SSSR count). The van der Waals surface area contributed by atoms with Crippen molar-refractivity contribution in [2.45, 2.75) is 12.2 Å². The summed E-state index contributed by atoms with van der Waals surface area (Å²) in [5.41, 5.74) is 7.39. The molecule has 0 saturated heterocycles. The van der Waals surface area contributed by atoms with Crippen LogP contribution in [0.5, 0.6) is 0 Å². The number of benzene rings is 1. The lowest BCUT2D eigenvalue weighted by molar-refractivity contribution is 0.679. The topological polar surface area (TPSA) is 55.1 Å². The average molecular weight is 291 g/mol. The minimum atomic E-state index is -0.808. The molecule has 0 amide bonds. The van der Waals surface area contributed by atoms with Crippen molar-refractivity contribution >= 4 is 38.1 Å². The van der Waals surface area contributed by atoms with Crippen molar-refractivity contribution in [3.05, 3.63) is 22.7 Å². The van der Waals surface area contributed by atoms with Crippen LogP contribution in [0, 0.1) is 0 Å². The molecule has 0 radical (unpaired) electrons. The molecule has 0 spiro atoms. The van der Waals surface area contributed by atoms with Crippen LogP contribution in [-0.2, 0) is 10.8 Å². The molecule has 84 valence electrons. The van der Waals surface area contributed by atoms with Gasteiger partial charge < -0.3 is 11.1 Å². The van der Waals surface area contributed by atoms with E-state index in [9.17, 15) is 4.21 Å². The summed E-state index contributed by atoms with van der Waals surface area (Å²) in [6.45, 7) is 2.60. The Morgan fingerprint density at radius 2 is 2.27 bits per heavy atom. The maximum Gasteiger partial charge on any atom is 0.0575 e. The van der Waals surface area contributed by atoms with E-state index in [-0.39, 0.29) is 5.25 Å². The molecule has 0 aromatic heterocycles. The van der Waals surface area contributed by atoms with E-state index in [1.165, 1.54) is 0 Å². The van der Waals surface area contributed by atoms with Crippen molar-refractivity contribution in [1.29, 1.82) is 0 Å². The first-order valence-corrected chi connectivity index (χ1v) is 7.03. The Morgan fingerprint density at radius 1 is 1.60 bits per heavy atom. The molecule has 2 unspecified atom stereocenters. The SMILES string of the molecule is CC(CNc1ccc(Br)cc1N)S(C)=O. The molecule has 2 atom stereocenters. The molecular weight excluding hydrogens is 276 g/mol. The Bertz CT molecular complexity index is 370. The summed E-state index contributed by atoms with van der Waals surface area (Å²) in [6, 6.07) is 5.67. The van der Waals surface area contributed by atoms with Crippen LogP contribution in [-0.4, -0.2) is 22.3 Å². The van der Waals surface area contributed by atoms with Gasteiger partial charge in [-0.05, 0) is 25.1 Å². The van der Waals surface area contributed by atoms with Crippen LogP contribution >= 0.6 is 15.9 Å². The Balaban J connectivity index is 2.62. The van der Waals surface area contributed by atoms with E-state index in [2.05, 4.69) is 21.2 Å². The maximum atomic E-state index is 11.1. The zero-order valence-electron chi connectivity index (χ0n) is 8.79. The van der Waals surface area contributed by atoms with Gasteiger partial charge in [-0.25, -0.2) is 0 Å². The molecule has 0 aliphatic carbocycles. The smallest absolute Gasteiger partial charge is 0.0575 e. The van der Waals surface area contributed by atoms with Gasteiger partial charge in [0.1, 0.15) is 0 Å². The summed E-state index contributed by atoms with van der Waals surface area (Å²) in [6.07, 6.45) is 1.71. The van der Waals surface area contributed by atoms with Crippen LogP contribution in [0.2, 0.25) is 0 Å². The molecule has 0 saturated carbocycles. The number of nitrogen functional groups attached to an aromatic ring is 1. The summed E-state index contributed by atoms with van der Waals surface area (Å²) < 4.78 is 12.1. The molecule has 3 nitrogen and oxygen atoms in total. The van der Waals surface area contributed by atoms with E-state index >= 15 is 0 Å². The number of hydrogen-bond acceptors (Lipinski definition) is 3. The first-order valence-electron chi connectivity index (χ1n) is 4.62. The molecule has 1 aromatic carbocycles. The maximum absolute atomic E-state index is 11.1. The number of halogens is 1. The number of anilines is 2. The average Bonchev–Trinajstić information content (AvgIpc) is 2.15. The lowest BCUT2D eigenvalue weighted by Crippen LogP contribution is -2.21. The fourth-order valence-electron chi connectivity index (χ4n) is 1.07. The van der Waals surface area contributed by atoms with Gasteiger partial charge in [0, 0.05) is 33.3 Å². The first kappa shape index (κ1) is 12.5. The minimum absolute atomic E-state index is 0.119. The van der Waals surface area contributed by atoms with Crippen LogP contribution in [0.3, 0.4) is 0 Å². The quantitative estimate of drug-likeness (QED) is 0.836. The van der Waals surface area contributed by atoms with E-state index in [0.717, 1.165) is 10.2 Å². The van der Waals surface area contributed by atoms with Gasteiger partial charge in [0.2, 0.25) is 0 Å². The van der Waals surface area contributed by atoms with Crippen molar-refractivity contribution in [3.63, 3.8) is 0 Å². The highest BCUT2D eigenvalue weighted by molar-refractivity contribution is 9.10. The fourth-order valence-corrected chi connectivity index (χ4v) is 1.76. The van der Waals surface area contributed by atoms with Gasteiger partial charge in [-0.15, -0.1) is 0 Å². The Kier molecular flexibility index (Phi) is 4.60. The highest BCUT2D eigenvalue weighted by Gasteiger charge is 2.06. The molecule has 0 aliphatic rings. The predicted octanol–water partition coefficient (Wildman–Crippen LogP) is 2.21. The van der Waals surface area contributed by atoms with Crippen molar-refractivity contribution in [3.8, 4) is 0 Å². The van der Waals surface area contributed by atoms with Crippen LogP contribution in [0.1, 0.15) is 6.92 Å². The van der Waals surface area contributed by atoms with Gasteiger partial charge in [-0.1, -0.05) is 15.9 Å². The molecule has 0 bridgehead atoms. The second kappa shape index (κ2) is 5.51. The summed E-state index contributed by atoms with van der Waals surface area (Å²) in [5, 5.41) is 3.30. The third-order valence-corrected chi connectivity index (χ3v) is 3.95. The van der Waals surface area contributed by atoms with Gasteiger partial charge in [0.15, 0.2) is 0 Å². The molecule has 1 aromatic rings. The summed E-state index contributed by atoms with van der Waals surface area (Å²) >= 11 is 3.34. The molecule has 15 heavy (non-hydrogen) atoms. The summed E-state index contributed by atoms with van der Waals surface area (Å²) in [7, 11) is -0.808. The van der Waals surface area contributed by atoms with Gasteiger partial charge in [-0.2, -0.15) is 0 Å². The first-order chi connectivity index (χ1) is 7.00. The number of nitrogens with two attached hydrogens (primary N) is 1. The second-order valence-electron chi connectivity index (χ2n) is 3.42. The number of hydrogen-bond donors (Lipinski definition) is 2. The summed E-state index contributed by atoms with van der Waals surface area (Å²) in [4.78, 5) is 0. The molecule has 0 aliphatic heterocycles. The standard InChI is InChI=1S/C10H15BrN2OS/c1-7(15(2)14)6-13-10-4-3-8(11)5-9(10)12/h3-5,7,13H,6,12H2,1-2H3. The van der Waals surface area contributed by atoms with E-state index in [4.69, 9.17) is 5.73 Å². The van der Waals surface area contributed by atoms with E-state index < -0.39 is 10.8 Å². The zero-order valence-corrected chi connectivity index (χ0v) is 11.2. The van der Waals surface area contributed by atoms with Crippen LogP contribution < -0.4 is 11.1 Å². The van der Waals surface area contributed by atoms with E-state index in [0.29, 0.717) is 12.2 Å². The fraction of sp³-hybridized carbons (Fsp3) is 0.400. The Labute approximate surface area is 101 Å². The Morgan fingerprint density at radius 3 is 2.80 bits per heavy atom. The minimum Gasteiger partial charge on any atom is -0.397 e. The van der Waals surface area contributed by atoms with Crippen LogP contribution in [0.25, 0.3) is 0 Å². The zero-order chi connectivity index (χ0) is 11.4. The predicted molar refractivity (Wildman–Crippen MR) is 70.6 cm³/mol. The van der Waals surface area contributed by atoms with Gasteiger partial charge >= 0.3 is 0 Å². The number of rotatable bonds is 4. The van der Waals surface area contributed by atoms with Crippen molar-refractivity contribution in [1.82, 2.24) is 0 Å². The molecule has 0 fully saturated rings. The van der Waals surface area contributed by atoms with Crippen LogP contribution in [0.4, 0.5) is 11.4 Å². The van der Waals surface area contributed by atoms with Crippen molar-refractivity contribution in [2.75, 3.05) is 23.9 Å². The van der Waals surface area contributed by atoms with Crippen LogP contribution in [0.15, 0.2) is 22.7 Å². The molecular formula is C10H15BrN2OS. The Hall–Kier alpha value is -0.550. The molecule has 5 heteroatoms. The van der Waals surface area contributed by atoms with Crippen molar-refractivity contribution < 1.29 is 4.21 Å². The van der Waals surface area contributed by atoms with Gasteiger partial charge in [0.05, 0.1) is 11.4 Å². The highest BCUT2D eigenvalue weighted by Crippen LogP contribution is 2.22. The monoisotopic (exact) mass is 290 g/mol. The highest BCUT2D eigenvalue weighted by atomic mass is 79.9. The summed E-state index contributed by atoms with van der Waals surface area (Å²) in [5.74, 6) is 0. The molecule has 0 heterocycles. The number of nitrogens with one attached hydrogen (secondary N) is 1. The van der Waals surface area contributed by atoms with Crippen molar-refractivity contribution in [2.24, 2.45) is 0 Å². The van der Waals surface area contributed by atoms with E-state index in [1.807, 2.05) is 25.1 Å². The van der Waals surface area contributed by atoms with E-state index in [1.54, 1.807) is 6.26 Å². The third kappa shape index (κ3) is 3.83. The third-order valence-electron chi connectivity index (χ3n) is 2.16. The second-order valence-corrected chi connectivity index (χ2v) is 6.14. The van der Waals surface area contributed by atoms with Gasteiger partial charge in [0.25, 0.3) is 0 Å². The van der Waals surface area contributed by atoms with Gasteiger partial charge in [-0.3, -0.25) is 4.21 Å². The lowest BCUT2D eigenvalue weighted by atomic mass is 10.2. The largest absolute Gasteiger partial charge is 0.397 e. The normalized spacial score (nSPS) is 14.6. The lowest BCUT2D eigenvalue weighted by Gasteiger charge is -2.13.